The number of halogens is 2. The predicted octanol–water partition coefficient (Wildman–Crippen LogP) is 5.33. The summed E-state index contributed by atoms with van der Waals surface area (Å²) in [5, 5.41) is 6.41. The number of piperidine rings is 1. The van der Waals surface area contributed by atoms with E-state index in [-0.39, 0.29) is 17.8 Å². The lowest BCUT2D eigenvalue weighted by Crippen LogP contribution is -2.36. The lowest BCUT2D eigenvalue weighted by Gasteiger charge is -2.28. The van der Waals surface area contributed by atoms with Crippen LogP contribution >= 0.6 is 11.3 Å². The standard InChI is InChI=1S/C28H31F2N5OS/c29-20-8-13-34(14-9-20)12-2-11-32-27(36)19-5-7-25-26(16-19)37-28-33-24(17-35(25)28)21-6-4-18(15-22(21)30)23-3-1-10-31-23/h4-7,15-17,20,23,31H,1-3,8-14H2,(H,32,36). The number of thiazole rings is 1. The summed E-state index contributed by atoms with van der Waals surface area (Å²) in [7, 11) is 0. The molecule has 1 amide bonds. The Morgan fingerprint density at radius 1 is 1.16 bits per heavy atom. The molecule has 2 fully saturated rings. The van der Waals surface area contributed by atoms with E-state index in [4.69, 9.17) is 0 Å². The van der Waals surface area contributed by atoms with Crippen molar-refractivity contribution in [1.82, 2.24) is 24.9 Å². The van der Waals surface area contributed by atoms with Gasteiger partial charge in [0.15, 0.2) is 4.96 Å². The quantitative estimate of drug-likeness (QED) is 0.322. The highest BCUT2D eigenvalue weighted by Crippen LogP contribution is 2.32. The Hall–Kier alpha value is -2.88. The van der Waals surface area contributed by atoms with Gasteiger partial charge >= 0.3 is 0 Å². The van der Waals surface area contributed by atoms with Crippen LogP contribution in [0.5, 0.6) is 0 Å². The van der Waals surface area contributed by atoms with Crippen LogP contribution in [0.1, 0.15) is 54.1 Å². The highest BCUT2D eigenvalue weighted by atomic mass is 32.1. The monoisotopic (exact) mass is 523 g/mol. The molecule has 2 N–H and O–H groups in total. The summed E-state index contributed by atoms with van der Waals surface area (Å²) in [6.45, 7) is 4.03. The van der Waals surface area contributed by atoms with E-state index < -0.39 is 6.17 Å². The van der Waals surface area contributed by atoms with Crippen LogP contribution in [-0.2, 0) is 0 Å². The maximum absolute atomic E-state index is 15.0. The normalized spacial score (nSPS) is 19.2. The van der Waals surface area contributed by atoms with Crippen molar-refractivity contribution >= 4 is 32.4 Å². The SMILES string of the molecule is O=C(NCCCN1CCC(F)CC1)c1ccc2c(c1)sc1nc(-c3ccc(C4CCCN4)cc3F)cn12. The molecule has 2 aromatic heterocycles. The van der Waals surface area contributed by atoms with Crippen molar-refractivity contribution in [3.8, 4) is 11.3 Å². The van der Waals surface area contributed by atoms with Crippen LogP contribution in [0.15, 0.2) is 42.6 Å². The van der Waals surface area contributed by atoms with Gasteiger partial charge in [0, 0.05) is 43.0 Å². The Balaban J connectivity index is 1.12. The van der Waals surface area contributed by atoms with E-state index in [1.165, 1.54) is 11.3 Å². The van der Waals surface area contributed by atoms with Gasteiger partial charge in [-0.15, -0.1) is 0 Å². The molecule has 2 aromatic carbocycles. The third-order valence-corrected chi connectivity index (χ3v) is 8.56. The van der Waals surface area contributed by atoms with E-state index in [0.717, 1.165) is 66.2 Å². The van der Waals surface area contributed by atoms with Crippen molar-refractivity contribution in [1.29, 1.82) is 0 Å². The van der Waals surface area contributed by atoms with Gasteiger partial charge in [-0.2, -0.15) is 0 Å². The number of alkyl halides is 1. The fourth-order valence-corrected chi connectivity index (χ4v) is 6.48. The van der Waals surface area contributed by atoms with Gasteiger partial charge in [-0.1, -0.05) is 17.4 Å². The number of hydrogen-bond donors (Lipinski definition) is 2. The molecule has 9 heteroatoms. The van der Waals surface area contributed by atoms with Crippen molar-refractivity contribution in [2.75, 3.05) is 32.7 Å². The van der Waals surface area contributed by atoms with E-state index in [1.807, 2.05) is 40.9 Å². The van der Waals surface area contributed by atoms with E-state index in [2.05, 4.69) is 20.5 Å². The minimum absolute atomic E-state index is 0.102. The summed E-state index contributed by atoms with van der Waals surface area (Å²) < 4.78 is 31.2. The number of amides is 1. The maximum Gasteiger partial charge on any atom is 0.251 e. The number of carbonyl (C=O) groups is 1. The number of benzene rings is 2. The number of likely N-dealkylation sites (tertiary alicyclic amines) is 1. The molecule has 2 aliphatic rings. The van der Waals surface area contributed by atoms with Crippen molar-refractivity contribution in [2.45, 2.75) is 44.3 Å². The van der Waals surface area contributed by atoms with Gasteiger partial charge < -0.3 is 15.5 Å². The fraction of sp³-hybridized carbons (Fsp3) is 0.429. The molecule has 4 aromatic rings. The average molecular weight is 524 g/mol. The zero-order valence-electron chi connectivity index (χ0n) is 20.7. The molecule has 0 saturated carbocycles. The second-order valence-corrected chi connectivity index (χ2v) is 11.1. The molecule has 1 atom stereocenters. The Morgan fingerprint density at radius 3 is 2.81 bits per heavy atom. The van der Waals surface area contributed by atoms with Crippen LogP contribution in [0.4, 0.5) is 8.78 Å². The second kappa shape index (κ2) is 10.5. The molecule has 6 rings (SSSR count). The first-order chi connectivity index (χ1) is 18.0. The summed E-state index contributed by atoms with van der Waals surface area (Å²) in [4.78, 5) is 20.4. The van der Waals surface area contributed by atoms with Gasteiger partial charge in [-0.3, -0.25) is 9.20 Å². The highest BCUT2D eigenvalue weighted by Gasteiger charge is 2.20. The van der Waals surface area contributed by atoms with Gasteiger partial charge in [0.25, 0.3) is 5.91 Å². The molecular formula is C28H31F2N5OS. The summed E-state index contributed by atoms with van der Waals surface area (Å²) in [6.07, 6.45) is 5.41. The zero-order valence-corrected chi connectivity index (χ0v) is 21.5. The van der Waals surface area contributed by atoms with E-state index >= 15 is 0 Å². The summed E-state index contributed by atoms with van der Waals surface area (Å²) in [6, 6.07) is 11.3. The van der Waals surface area contributed by atoms with E-state index in [1.54, 1.807) is 6.07 Å². The third kappa shape index (κ3) is 5.12. The summed E-state index contributed by atoms with van der Waals surface area (Å²) >= 11 is 1.49. The smallest absolute Gasteiger partial charge is 0.251 e. The number of nitrogens with zero attached hydrogens (tertiary/aromatic N) is 3. The maximum atomic E-state index is 15.0. The van der Waals surface area contributed by atoms with Gasteiger partial charge in [0.05, 0.1) is 15.9 Å². The molecule has 37 heavy (non-hydrogen) atoms. The minimum atomic E-state index is -0.663. The molecular weight excluding hydrogens is 492 g/mol. The Bertz CT molecular complexity index is 1420. The van der Waals surface area contributed by atoms with Crippen LogP contribution in [0.2, 0.25) is 0 Å². The average Bonchev–Trinajstić information content (AvgIpc) is 3.64. The topological polar surface area (TPSA) is 61.7 Å². The van der Waals surface area contributed by atoms with Gasteiger partial charge in [0.2, 0.25) is 0 Å². The van der Waals surface area contributed by atoms with Crippen LogP contribution in [0, 0.1) is 5.82 Å². The largest absolute Gasteiger partial charge is 0.352 e. The molecule has 2 saturated heterocycles. The minimum Gasteiger partial charge on any atom is -0.352 e. The van der Waals surface area contributed by atoms with Crippen LogP contribution in [0.25, 0.3) is 26.4 Å². The number of hydrogen-bond acceptors (Lipinski definition) is 5. The molecule has 194 valence electrons. The Morgan fingerprint density at radius 2 is 2.03 bits per heavy atom. The lowest BCUT2D eigenvalue weighted by molar-refractivity contribution is 0.0950. The van der Waals surface area contributed by atoms with Crippen LogP contribution in [0.3, 0.4) is 0 Å². The zero-order chi connectivity index (χ0) is 25.4. The van der Waals surface area contributed by atoms with Crippen molar-refractivity contribution in [3.63, 3.8) is 0 Å². The molecule has 0 spiro atoms. The van der Waals surface area contributed by atoms with Crippen molar-refractivity contribution in [3.05, 3.63) is 59.5 Å². The van der Waals surface area contributed by atoms with Crippen molar-refractivity contribution in [2.24, 2.45) is 0 Å². The second-order valence-electron chi connectivity index (χ2n) is 10.1. The first-order valence-electron chi connectivity index (χ1n) is 13.1. The molecule has 6 nitrogen and oxygen atoms in total. The van der Waals surface area contributed by atoms with Gasteiger partial charge in [-0.05, 0) is 81.1 Å². The number of imidazole rings is 1. The number of carbonyl (C=O) groups excluding carboxylic acids is 1. The summed E-state index contributed by atoms with van der Waals surface area (Å²) in [5.74, 6) is -0.359. The third-order valence-electron chi connectivity index (χ3n) is 7.54. The van der Waals surface area contributed by atoms with Crippen LogP contribution < -0.4 is 10.6 Å². The number of fused-ring (bicyclic) bond motifs is 3. The number of rotatable bonds is 7. The molecule has 0 aliphatic carbocycles. The molecule has 4 heterocycles. The van der Waals surface area contributed by atoms with Crippen LogP contribution in [-0.4, -0.2) is 59.1 Å². The lowest BCUT2D eigenvalue weighted by atomic mass is 10.0. The number of nitrogens with one attached hydrogen (secondary N) is 2. The summed E-state index contributed by atoms with van der Waals surface area (Å²) in [5.41, 5.74) is 3.64. The van der Waals surface area contributed by atoms with Gasteiger partial charge in [-0.25, -0.2) is 13.8 Å². The molecule has 2 aliphatic heterocycles. The molecule has 1 unspecified atom stereocenters. The molecule has 0 radical (unpaired) electrons. The first kappa shape index (κ1) is 24.5. The fourth-order valence-electron chi connectivity index (χ4n) is 5.43. The van der Waals surface area contributed by atoms with E-state index in [0.29, 0.717) is 36.2 Å². The van der Waals surface area contributed by atoms with E-state index in [9.17, 15) is 13.6 Å². The highest BCUT2D eigenvalue weighted by molar-refractivity contribution is 7.23. The first-order valence-corrected chi connectivity index (χ1v) is 14.0. The number of aromatic nitrogens is 2. The van der Waals surface area contributed by atoms with Crippen molar-refractivity contribution < 1.29 is 13.6 Å². The van der Waals surface area contributed by atoms with Gasteiger partial charge in [0.1, 0.15) is 12.0 Å². The predicted molar refractivity (Wildman–Crippen MR) is 143 cm³/mol. The molecule has 0 bridgehead atoms. The Kier molecular flexibility index (Phi) is 6.92. The Labute approximate surface area is 218 Å².